The lowest BCUT2D eigenvalue weighted by Gasteiger charge is -1.99. The minimum absolute atomic E-state index is 0.451. The second-order valence-electron chi connectivity index (χ2n) is 3.10. The molecule has 14 heavy (non-hydrogen) atoms. The van der Waals surface area contributed by atoms with E-state index >= 15 is 0 Å². The highest BCUT2D eigenvalue weighted by Crippen LogP contribution is 2.27. The van der Waals surface area contributed by atoms with Crippen molar-refractivity contribution in [2.75, 3.05) is 0 Å². The fourth-order valence-electron chi connectivity index (χ4n) is 1.17. The van der Waals surface area contributed by atoms with Crippen LogP contribution in [0, 0.1) is 11.3 Å². The van der Waals surface area contributed by atoms with E-state index in [1.54, 1.807) is 23.1 Å². The van der Waals surface area contributed by atoms with Crippen molar-refractivity contribution in [1.82, 2.24) is 9.38 Å². The molecule has 2 aromatic heterocycles. The molecule has 0 aliphatic rings. The summed E-state index contributed by atoms with van der Waals surface area (Å²) in [4.78, 5) is 5.30. The summed E-state index contributed by atoms with van der Waals surface area (Å²) in [6.07, 6.45) is 1.88. The molecule has 0 atom stereocenters. The molecule has 0 unspecified atom stereocenters. The molecule has 0 aliphatic carbocycles. The van der Waals surface area contributed by atoms with Crippen molar-refractivity contribution in [3.05, 3.63) is 17.3 Å². The Labute approximate surface area is 90.4 Å². The van der Waals surface area contributed by atoms with Crippen LogP contribution in [0.3, 0.4) is 0 Å². The predicted octanol–water partition coefficient (Wildman–Crippen LogP) is 2.77. The monoisotopic (exact) mass is 223 g/mol. The minimum atomic E-state index is 0.451. The van der Waals surface area contributed by atoms with E-state index in [-0.39, 0.29) is 0 Å². The summed E-state index contributed by atoms with van der Waals surface area (Å²) in [5.74, 6) is 0. The van der Waals surface area contributed by atoms with Crippen molar-refractivity contribution in [1.29, 1.82) is 5.26 Å². The lowest BCUT2D eigenvalue weighted by atomic mass is 10.5. The van der Waals surface area contributed by atoms with Gasteiger partial charge < -0.3 is 0 Å². The van der Waals surface area contributed by atoms with Gasteiger partial charge in [-0.1, -0.05) is 13.8 Å². The highest BCUT2D eigenvalue weighted by atomic mass is 32.2. The Hall–Kier alpha value is -0.990. The summed E-state index contributed by atoms with van der Waals surface area (Å²) in [6.45, 7) is 4.19. The number of nitriles is 1. The van der Waals surface area contributed by atoms with Crippen LogP contribution < -0.4 is 0 Å². The number of rotatable bonds is 2. The van der Waals surface area contributed by atoms with Gasteiger partial charge in [0.15, 0.2) is 10.7 Å². The van der Waals surface area contributed by atoms with Crippen LogP contribution in [0.5, 0.6) is 0 Å². The third-order valence-corrected chi connectivity index (χ3v) is 3.42. The van der Waals surface area contributed by atoms with E-state index in [4.69, 9.17) is 5.26 Å². The van der Waals surface area contributed by atoms with Gasteiger partial charge in [-0.2, -0.15) is 5.26 Å². The van der Waals surface area contributed by atoms with Crippen LogP contribution >= 0.6 is 23.1 Å². The topological polar surface area (TPSA) is 41.1 Å². The molecule has 72 valence electrons. The molecular weight excluding hydrogens is 214 g/mol. The van der Waals surface area contributed by atoms with Gasteiger partial charge in [0.1, 0.15) is 11.1 Å². The van der Waals surface area contributed by atoms with Crippen molar-refractivity contribution in [2.24, 2.45) is 0 Å². The van der Waals surface area contributed by atoms with Crippen LogP contribution in [0.25, 0.3) is 4.96 Å². The molecule has 0 radical (unpaired) electrons. The van der Waals surface area contributed by atoms with Gasteiger partial charge in [-0.15, -0.1) is 23.1 Å². The average Bonchev–Trinajstić information content (AvgIpc) is 2.62. The van der Waals surface area contributed by atoms with Crippen molar-refractivity contribution in [3.8, 4) is 6.07 Å². The zero-order valence-corrected chi connectivity index (χ0v) is 9.52. The fraction of sp³-hybridized carbons (Fsp3) is 0.333. The van der Waals surface area contributed by atoms with E-state index < -0.39 is 0 Å². The number of thioether (sulfide) groups is 1. The van der Waals surface area contributed by atoms with Gasteiger partial charge in [-0.3, -0.25) is 4.40 Å². The Morgan fingerprint density at radius 3 is 3.07 bits per heavy atom. The minimum Gasteiger partial charge on any atom is -0.281 e. The van der Waals surface area contributed by atoms with Crippen LogP contribution in [0.1, 0.15) is 19.5 Å². The van der Waals surface area contributed by atoms with Gasteiger partial charge in [0.25, 0.3) is 0 Å². The molecule has 0 N–H and O–H groups in total. The largest absolute Gasteiger partial charge is 0.281 e. The van der Waals surface area contributed by atoms with Crippen LogP contribution in [-0.4, -0.2) is 14.6 Å². The summed E-state index contributed by atoms with van der Waals surface area (Å²) < 4.78 is 1.84. The number of imidazole rings is 1. The molecule has 0 saturated heterocycles. The van der Waals surface area contributed by atoms with Gasteiger partial charge in [-0.05, 0) is 0 Å². The zero-order valence-electron chi connectivity index (χ0n) is 7.89. The molecule has 2 rings (SSSR count). The summed E-state index contributed by atoms with van der Waals surface area (Å²) in [6, 6.07) is 2.20. The highest BCUT2D eigenvalue weighted by Gasteiger charge is 2.13. The van der Waals surface area contributed by atoms with E-state index in [9.17, 15) is 0 Å². The maximum Gasteiger partial charge on any atom is 0.195 e. The van der Waals surface area contributed by atoms with Crippen LogP contribution in [0.4, 0.5) is 0 Å². The Morgan fingerprint density at radius 1 is 1.64 bits per heavy atom. The zero-order chi connectivity index (χ0) is 10.1. The van der Waals surface area contributed by atoms with E-state index in [2.05, 4.69) is 24.9 Å². The van der Waals surface area contributed by atoms with Crippen molar-refractivity contribution in [2.45, 2.75) is 24.1 Å². The summed E-state index contributed by atoms with van der Waals surface area (Å²) in [5.41, 5.74) is 0.653. The van der Waals surface area contributed by atoms with Gasteiger partial charge in [0, 0.05) is 16.8 Å². The average molecular weight is 223 g/mol. The van der Waals surface area contributed by atoms with E-state index in [1.165, 1.54) is 0 Å². The number of aromatic nitrogens is 2. The number of fused-ring (bicyclic) bond motifs is 1. The SMILES string of the molecule is CC(C)Sc1nc2sccn2c1C#N. The number of thiazole rings is 1. The first-order chi connectivity index (χ1) is 6.72. The fourth-order valence-corrected chi connectivity index (χ4v) is 2.79. The maximum atomic E-state index is 9.02. The third kappa shape index (κ3) is 1.51. The second-order valence-corrected chi connectivity index (χ2v) is 5.54. The molecule has 0 aliphatic heterocycles. The molecule has 2 aromatic rings. The standard InChI is InChI=1S/C9H9N3S2/c1-6(2)14-8-7(5-10)12-3-4-13-9(12)11-8/h3-4,6H,1-2H3. The predicted molar refractivity (Wildman–Crippen MR) is 58.8 cm³/mol. The van der Waals surface area contributed by atoms with Crippen molar-refractivity contribution < 1.29 is 0 Å². The molecular formula is C9H9N3S2. The van der Waals surface area contributed by atoms with Gasteiger partial charge >= 0.3 is 0 Å². The Balaban J connectivity index is 2.54. The Morgan fingerprint density at radius 2 is 2.43 bits per heavy atom. The van der Waals surface area contributed by atoms with Crippen LogP contribution in [0.2, 0.25) is 0 Å². The quantitative estimate of drug-likeness (QED) is 0.735. The first-order valence-electron chi connectivity index (χ1n) is 4.24. The van der Waals surface area contributed by atoms with Crippen LogP contribution in [-0.2, 0) is 0 Å². The summed E-state index contributed by atoms with van der Waals surface area (Å²) >= 11 is 3.18. The molecule has 0 spiro atoms. The summed E-state index contributed by atoms with van der Waals surface area (Å²) in [7, 11) is 0. The van der Waals surface area contributed by atoms with E-state index in [1.807, 2.05) is 16.0 Å². The number of hydrogen-bond donors (Lipinski definition) is 0. The van der Waals surface area contributed by atoms with Crippen molar-refractivity contribution in [3.63, 3.8) is 0 Å². The Bertz CT molecular complexity index is 490. The first kappa shape index (κ1) is 9.56. The molecule has 0 amide bonds. The lowest BCUT2D eigenvalue weighted by Crippen LogP contribution is -1.89. The molecule has 3 nitrogen and oxygen atoms in total. The summed E-state index contributed by atoms with van der Waals surface area (Å²) in [5, 5.41) is 12.2. The second kappa shape index (κ2) is 3.64. The third-order valence-electron chi connectivity index (χ3n) is 1.68. The van der Waals surface area contributed by atoms with Crippen molar-refractivity contribution >= 4 is 28.1 Å². The van der Waals surface area contributed by atoms with Gasteiger partial charge in [0.2, 0.25) is 0 Å². The maximum absolute atomic E-state index is 9.02. The number of hydrogen-bond acceptors (Lipinski definition) is 4. The van der Waals surface area contributed by atoms with Gasteiger partial charge in [-0.25, -0.2) is 4.98 Å². The normalized spacial score (nSPS) is 11.0. The molecule has 0 saturated carbocycles. The first-order valence-corrected chi connectivity index (χ1v) is 6.00. The van der Waals surface area contributed by atoms with E-state index in [0.717, 1.165) is 9.99 Å². The molecule has 0 aromatic carbocycles. The van der Waals surface area contributed by atoms with Gasteiger partial charge in [0.05, 0.1) is 0 Å². The smallest absolute Gasteiger partial charge is 0.195 e. The highest BCUT2D eigenvalue weighted by molar-refractivity contribution is 7.99. The van der Waals surface area contributed by atoms with E-state index in [0.29, 0.717) is 10.9 Å². The molecule has 2 heterocycles. The molecule has 0 bridgehead atoms. The van der Waals surface area contributed by atoms with Crippen LogP contribution in [0.15, 0.2) is 16.6 Å². The molecule has 0 fully saturated rings. The number of nitrogens with zero attached hydrogens (tertiary/aromatic N) is 3. The lowest BCUT2D eigenvalue weighted by molar-refractivity contribution is 1.08. The molecule has 5 heteroatoms. The Kier molecular flexibility index (Phi) is 2.48.